The minimum absolute atomic E-state index is 0.0376. The topological polar surface area (TPSA) is 63.4 Å². The summed E-state index contributed by atoms with van der Waals surface area (Å²) < 4.78 is 0. The molecule has 0 aliphatic carbocycles. The lowest BCUT2D eigenvalue weighted by Gasteiger charge is -2.06. The van der Waals surface area contributed by atoms with Crippen molar-refractivity contribution in [2.45, 2.75) is 5.44 Å². The fourth-order valence-corrected chi connectivity index (χ4v) is 1.44. The van der Waals surface area contributed by atoms with Crippen LogP contribution in [0.3, 0.4) is 0 Å². The first-order valence-electron chi connectivity index (χ1n) is 3.61. The van der Waals surface area contributed by atoms with E-state index < -0.39 is 10.4 Å². The lowest BCUT2D eigenvalue weighted by molar-refractivity contribution is -0.385. The van der Waals surface area contributed by atoms with E-state index in [0.717, 1.165) is 11.8 Å². The molecule has 1 rings (SSSR count). The summed E-state index contributed by atoms with van der Waals surface area (Å²) in [7, 11) is 0. The van der Waals surface area contributed by atoms with E-state index in [-0.39, 0.29) is 5.69 Å². The van der Waals surface area contributed by atoms with E-state index >= 15 is 0 Å². The van der Waals surface area contributed by atoms with E-state index in [0.29, 0.717) is 5.56 Å². The Morgan fingerprint density at radius 1 is 1.54 bits per heavy atom. The second kappa shape index (κ2) is 4.25. The third kappa shape index (κ3) is 2.19. The van der Waals surface area contributed by atoms with E-state index in [4.69, 9.17) is 0 Å². The number of nitrogens with zero attached hydrogens (tertiary/aromatic N) is 1. The van der Waals surface area contributed by atoms with Gasteiger partial charge in [0.1, 0.15) is 5.44 Å². The quantitative estimate of drug-likeness (QED) is 0.459. The molecule has 0 aromatic heterocycles. The van der Waals surface area contributed by atoms with Crippen LogP contribution in [0.4, 0.5) is 5.69 Å². The van der Waals surface area contributed by atoms with E-state index in [9.17, 15) is 15.2 Å². The third-order valence-electron chi connectivity index (χ3n) is 1.62. The van der Waals surface area contributed by atoms with Gasteiger partial charge in [-0.1, -0.05) is 12.1 Å². The largest absolute Gasteiger partial charge is 0.378 e. The Morgan fingerprint density at radius 3 is 2.69 bits per heavy atom. The number of benzene rings is 1. The molecule has 1 aromatic carbocycles. The van der Waals surface area contributed by atoms with Gasteiger partial charge < -0.3 is 5.11 Å². The Labute approximate surface area is 79.7 Å². The number of aliphatic hydroxyl groups is 1. The van der Waals surface area contributed by atoms with Crippen LogP contribution in [0.1, 0.15) is 11.0 Å². The van der Waals surface area contributed by atoms with Crippen molar-refractivity contribution >= 4 is 17.4 Å². The second-order valence-corrected chi connectivity index (χ2v) is 3.32. The molecule has 13 heavy (non-hydrogen) atoms. The van der Waals surface area contributed by atoms with Crippen LogP contribution in [0, 0.1) is 10.1 Å². The van der Waals surface area contributed by atoms with Gasteiger partial charge in [0.2, 0.25) is 0 Å². The smallest absolute Gasteiger partial charge is 0.276 e. The Bertz CT molecular complexity index is 316. The average molecular weight is 199 g/mol. The van der Waals surface area contributed by atoms with Gasteiger partial charge in [-0.15, -0.1) is 11.8 Å². The first-order chi connectivity index (χ1) is 6.16. The maximum Gasteiger partial charge on any atom is 0.276 e. The van der Waals surface area contributed by atoms with Crippen molar-refractivity contribution in [3.8, 4) is 0 Å². The number of nitro benzene ring substituents is 1. The van der Waals surface area contributed by atoms with Gasteiger partial charge >= 0.3 is 0 Å². The van der Waals surface area contributed by atoms with Crippen LogP contribution in [0.15, 0.2) is 24.3 Å². The van der Waals surface area contributed by atoms with Gasteiger partial charge in [0, 0.05) is 6.07 Å². The van der Waals surface area contributed by atoms with Crippen molar-refractivity contribution in [2.24, 2.45) is 0 Å². The first-order valence-corrected chi connectivity index (χ1v) is 4.89. The predicted molar refractivity (Wildman–Crippen MR) is 51.6 cm³/mol. The molecule has 70 valence electrons. The first kappa shape index (κ1) is 10.0. The molecule has 0 amide bonds. The molecule has 5 heteroatoms. The predicted octanol–water partition coefficient (Wildman–Crippen LogP) is 1.95. The number of hydrogen-bond donors (Lipinski definition) is 1. The van der Waals surface area contributed by atoms with Crippen molar-refractivity contribution in [1.82, 2.24) is 0 Å². The standard InChI is InChI=1S/C8H9NO3S/c1-13-8(10)6-4-2-3-5-7(6)9(11)12/h2-5,8,10H,1H3. The summed E-state index contributed by atoms with van der Waals surface area (Å²) in [6, 6.07) is 6.19. The molecule has 1 aromatic rings. The van der Waals surface area contributed by atoms with Crippen LogP contribution in [0.5, 0.6) is 0 Å². The molecule has 0 radical (unpaired) electrons. The van der Waals surface area contributed by atoms with E-state index in [1.807, 2.05) is 0 Å². The van der Waals surface area contributed by atoms with E-state index in [2.05, 4.69) is 0 Å². The summed E-state index contributed by atoms with van der Waals surface area (Å²) in [5, 5.41) is 19.9. The second-order valence-electron chi connectivity index (χ2n) is 2.40. The summed E-state index contributed by atoms with van der Waals surface area (Å²) in [4.78, 5) is 10.0. The Kier molecular flexibility index (Phi) is 3.27. The molecular weight excluding hydrogens is 190 g/mol. The average Bonchev–Trinajstić information content (AvgIpc) is 2.16. The molecule has 0 spiro atoms. The number of rotatable bonds is 3. The maximum absolute atomic E-state index is 10.5. The Morgan fingerprint density at radius 2 is 2.15 bits per heavy atom. The number of hydrogen-bond acceptors (Lipinski definition) is 4. The zero-order valence-corrected chi connectivity index (χ0v) is 7.82. The summed E-state index contributed by atoms with van der Waals surface area (Å²) in [6.45, 7) is 0. The van der Waals surface area contributed by atoms with Crippen molar-refractivity contribution in [2.75, 3.05) is 6.26 Å². The van der Waals surface area contributed by atoms with Gasteiger partial charge in [0.05, 0.1) is 10.5 Å². The van der Waals surface area contributed by atoms with Crippen molar-refractivity contribution in [1.29, 1.82) is 0 Å². The molecule has 0 aliphatic heterocycles. The molecule has 0 fully saturated rings. The normalized spacial score (nSPS) is 12.5. The van der Waals surface area contributed by atoms with Gasteiger partial charge in [-0.25, -0.2) is 0 Å². The summed E-state index contributed by atoms with van der Waals surface area (Å²) in [5.41, 5.74) is -0.522. The van der Waals surface area contributed by atoms with Gasteiger partial charge in [0.25, 0.3) is 5.69 Å². The fraction of sp³-hybridized carbons (Fsp3) is 0.250. The lowest BCUT2D eigenvalue weighted by atomic mass is 10.2. The highest BCUT2D eigenvalue weighted by Crippen LogP contribution is 2.30. The highest BCUT2D eigenvalue weighted by Gasteiger charge is 2.18. The molecule has 0 bridgehead atoms. The SMILES string of the molecule is CSC(O)c1ccccc1[N+](=O)[O-]. The zero-order valence-electron chi connectivity index (χ0n) is 7.01. The molecule has 1 atom stereocenters. The minimum Gasteiger partial charge on any atom is -0.378 e. The lowest BCUT2D eigenvalue weighted by Crippen LogP contribution is -1.98. The Balaban J connectivity index is 3.11. The van der Waals surface area contributed by atoms with Gasteiger partial charge in [-0.3, -0.25) is 10.1 Å². The molecule has 1 unspecified atom stereocenters. The van der Waals surface area contributed by atoms with Crippen LogP contribution >= 0.6 is 11.8 Å². The Hall–Kier alpha value is -1.07. The molecule has 0 aliphatic rings. The molecule has 4 nitrogen and oxygen atoms in total. The molecule has 1 N–H and O–H groups in total. The number of thioether (sulfide) groups is 1. The van der Waals surface area contributed by atoms with Crippen molar-refractivity contribution in [3.63, 3.8) is 0 Å². The van der Waals surface area contributed by atoms with Crippen molar-refractivity contribution < 1.29 is 10.0 Å². The minimum atomic E-state index is -0.832. The summed E-state index contributed by atoms with van der Waals surface area (Å²) in [5.74, 6) is 0. The fourth-order valence-electron chi connectivity index (χ4n) is 0.990. The van der Waals surface area contributed by atoms with Crippen molar-refractivity contribution in [3.05, 3.63) is 39.9 Å². The van der Waals surface area contributed by atoms with Gasteiger partial charge in [-0.05, 0) is 12.3 Å². The zero-order chi connectivity index (χ0) is 9.84. The van der Waals surface area contributed by atoms with Crippen LogP contribution < -0.4 is 0 Å². The van der Waals surface area contributed by atoms with E-state index in [1.54, 1.807) is 24.5 Å². The van der Waals surface area contributed by atoms with E-state index in [1.165, 1.54) is 6.07 Å². The van der Waals surface area contributed by atoms with Crippen LogP contribution in [-0.4, -0.2) is 16.3 Å². The highest BCUT2D eigenvalue weighted by molar-refractivity contribution is 7.98. The van der Waals surface area contributed by atoms with Gasteiger partial charge in [-0.2, -0.15) is 0 Å². The molecule has 0 heterocycles. The van der Waals surface area contributed by atoms with Crippen LogP contribution in [0.2, 0.25) is 0 Å². The third-order valence-corrected chi connectivity index (χ3v) is 2.32. The molecular formula is C8H9NO3S. The van der Waals surface area contributed by atoms with Crippen LogP contribution in [-0.2, 0) is 0 Å². The summed E-state index contributed by atoms with van der Waals surface area (Å²) in [6.07, 6.45) is 1.70. The molecule has 0 saturated carbocycles. The molecule has 0 saturated heterocycles. The highest BCUT2D eigenvalue weighted by atomic mass is 32.2. The monoisotopic (exact) mass is 199 g/mol. The number of para-hydroxylation sites is 1. The summed E-state index contributed by atoms with van der Waals surface area (Å²) >= 11 is 1.16. The van der Waals surface area contributed by atoms with Crippen LogP contribution in [0.25, 0.3) is 0 Å². The number of nitro groups is 1. The van der Waals surface area contributed by atoms with Gasteiger partial charge in [0.15, 0.2) is 0 Å². The number of aliphatic hydroxyl groups excluding tert-OH is 1. The maximum atomic E-state index is 10.5.